The Hall–Kier alpha value is -1.62. The summed E-state index contributed by atoms with van der Waals surface area (Å²) in [5.74, 6) is 1.29. The Morgan fingerprint density at radius 3 is 2.82 bits per heavy atom. The smallest absolute Gasteiger partial charge is 0.245 e. The summed E-state index contributed by atoms with van der Waals surface area (Å²) in [6.45, 7) is 5.99. The van der Waals surface area contributed by atoms with Gasteiger partial charge < -0.3 is 10.6 Å². The molecule has 0 amide bonds. The first kappa shape index (κ1) is 10.5. The van der Waals surface area contributed by atoms with Crippen molar-refractivity contribution < 1.29 is 0 Å². The fourth-order valence-corrected chi connectivity index (χ4v) is 2.31. The van der Waals surface area contributed by atoms with Crippen LogP contribution in [0.5, 0.6) is 0 Å². The Balaban J connectivity index is 1.99. The molecule has 1 aliphatic heterocycles. The van der Waals surface area contributed by atoms with Gasteiger partial charge in [-0.3, -0.25) is 0 Å². The van der Waals surface area contributed by atoms with Gasteiger partial charge in [-0.05, 0) is 25.0 Å². The van der Waals surface area contributed by atoms with E-state index in [0.717, 1.165) is 30.4 Å². The maximum absolute atomic E-state index is 6.03. The van der Waals surface area contributed by atoms with Crippen LogP contribution in [0.3, 0.4) is 0 Å². The second kappa shape index (κ2) is 3.70. The summed E-state index contributed by atoms with van der Waals surface area (Å²) >= 11 is 0. The minimum Gasteiger partial charge on any atom is -0.338 e. The largest absolute Gasteiger partial charge is 0.338 e. The van der Waals surface area contributed by atoms with Crippen molar-refractivity contribution in [1.82, 2.24) is 14.6 Å². The molecule has 0 radical (unpaired) electrons. The second-order valence-corrected chi connectivity index (χ2v) is 4.90. The average molecular weight is 231 g/mol. The van der Waals surface area contributed by atoms with Crippen LogP contribution < -0.4 is 10.6 Å². The molecule has 1 fully saturated rings. The lowest BCUT2D eigenvalue weighted by atomic mass is 10.1. The number of aromatic nitrogens is 3. The molecule has 17 heavy (non-hydrogen) atoms. The van der Waals surface area contributed by atoms with E-state index in [1.165, 1.54) is 0 Å². The van der Waals surface area contributed by atoms with E-state index in [4.69, 9.17) is 5.73 Å². The van der Waals surface area contributed by atoms with Crippen LogP contribution in [0.4, 0.5) is 5.95 Å². The van der Waals surface area contributed by atoms with Crippen LogP contribution in [-0.2, 0) is 0 Å². The van der Waals surface area contributed by atoms with Crippen LogP contribution in [0.25, 0.3) is 5.65 Å². The Kier molecular flexibility index (Phi) is 2.29. The van der Waals surface area contributed by atoms with Crippen LogP contribution in [0.15, 0.2) is 18.2 Å². The first-order chi connectivity index (χ1) is 8.15. The van der Waals surface area contributed by atoms with Gasteiger partial charge in [0.15, 0.2) is 5.65 Å². The summed E-state index contributed by atoms with van der Waals surface area (Å²) in [4.78, 5) is 6.72. The van der Waals surface area contributed by atoms with Gasteiger partial charge in [-0.25, -0.2) is 4.52 Å². The molecular formula is C12H17N5. The lowest BCUT2D eigenvalue weighted by Gasteiger charge is -2.11. The summed E-state index contributed by atoms with van der Waals surface area (Å²) < 4.78 is 1.88. The molecular weight excluding hydrogens is 214 g/mol. The van der Waals surface area contributed by atoms with Gasteiger partial charge >= 0.3 is 0 Å². The number of pyridine rings is 1. The van der Waals surface area contributed by atoms with Gasteiger partial charge in [0, 0.05) is 24.8 Å². The average Bonchev–Trinajstić information content (AvgIpc) is 2.85. The molecule has 2 aromatic rings. The van der Waals surface area contributed by atoms with Crippen LogP contribution in [0.1, 0.15) is 12.6 Å². The molecule has 1 aliphatic rings. The normalized spacial score (nSPS) is 24.8. The molecule has 2 N–H and O–H groups in total. The van der Waals surface area contributed by atoms with Gasteiger partial charge in [0.1, 0.15) is 0 Å². The van der Waals surface area contributed by atoms with Gasteiger partial charge in [-0.15, -0.1) is 5.10 Å². The van der Waals surface area contributed by atoms with Crippen LogP contribution in [0.2, 0.25) is 0 Å². The molecule has 0 aromatic carbocycles. The highest BCUT2D eigenvalue weighted by Gasteiger charge is 2.28. The summed E-state index contributed by atoms with van der Waals surface area (Å²) in [6.07, 6.45) is 0. The molecule has 90 valence electrons. The molecule has 5 nitrogen and oxygen atoms in total. The lowest BCUT2D eigenvalue weighted by molar-refractivity contribution is 0.565. The first-order valence-corrected chi connectivity index (χ1v) is 5.98. The molecule has 3 heterocycles. The predicted octanol–water partition coefficient (Wildman–Crippen LogP) is 0.821. The topological polar surface area (TPSA) is 59.5 Å². The van der Waals surface area contributed by atoms with E-state index in [1.54, 1.807) is 0 Å². The van der Waals surface area contributed by atoms with E-state index in [1.807, 2.05) is 29.6 Å². The van der Waals surface area contributed by atoms with Gasteiger partial charge in [-0.1, -0.05) is 13.0 Å². The van der Waals surface area contributed by atoms with E-state index in [9.17, 15) is 0 Å². The van der Waals surface area contributed by atoms with Crippen LogP contribution in [-0.4, -0.2) is 33.7 Å². The van der Waals surface area contributed by atoms with Crippen molar-refractivity contribution in [2.24, 2.45) is 11.7 Å². The zero-order valence-electron chi connectivity index (χ0n) is 10.2. The van der Waals surface area contributed by atoms with Crippen molar-refractivity contribution in [3.05, 3.63) is 23.9 Å². The Morgan fingerprint density at radius 2 is 2.18 bits per heavy atom. The highest BCUT2D eigenvalue weighted by Crippen LogP contribution is 2.20. The van der Waals surface area contributed by atoms with Crippen molar-refractivity contribution in [2.75, 3.05) is 18.0 Å². The predicted molar refractivity (Wildman–Crippen MR) is 67.1 cm³/mol. The Labute approximate surface area is 100 Å². The van der Waals surface area contributed by atoms with E-state index in [2.05, 4.69) is 21.9 Å². The molecule has 0 bridgehead atoms. The summed E-state index contributed by atoms with van der Waals surface area (Å²) in [5, 5.41) is 4.54. The molecule has 1 saturated heterocycles. The molecule has 0 aliphatic carbocycles. The number of aryl methyl sites for hydroxylation is 1. The van der Waals surface area contributed by atoms with Crippen molar-refractivity contribution in [3.63, 3.8) is 0 Å². The number of hydrogen-bond donors (Lipinski definition) is 1. The molecule has 0 spiro atoms. The zero-order chi connectivity index (χ0) is 12.0. The van der Waals surface area contributed by atoms with Gasteiger partial charge in [-0.2, -0.15) is 4.98 Å². The monoisotopic (exact) mass is 231 g/mol. The molecule has 2 unspecified atom stereocenters. The van der Waals surface area contributed by atoms with Gasteiger partial charge in [0.05, 0.1) is 0 Å². The summed E-state index contributed by atoms with van der Waals surface area (Å²) in [5.41, 5.74) is 8.02. The number of anilines is 1. The van der Waals surface area contributed by atoms with E-state index < -0.39 is 0 Å². The van der Waals surface area contributed by atoms with E-state index in [0.29, 0.717) is 5.92 Å². The summed E-state index contributed by atoms with van der Waals surface area (Å²) in [7, 11) is 0. The fourth-order valence-electron chi connectivity index (χ4n) is 2.31. The maximum Gasteiger partial charge on any atom is 0.245 e. The first-order valence-electron chi connectivity index (χ1n) is 5.98. The van der Waals surface area contributed by atoms with Crippen molar-refractivity contribution in [1.29, 1.82) is 0 Å². The van der Waals surface area contributed by atoms with Gasteiger partial charge in [0.2, 0.25) is 5.95 Å². The third-order valence-electron chi connectivity index (χ3n) is 3.49. The molecule has 5 heteroatoms. The Bertz CT molecular complexity index is 537. The lowest BCUT2D eigenvalue weighted by Crippen LogP contribution is -2.28. The SMILES string of the molecule is Cc1cccc2nc(N3CC(C)C(N)C3)nn12. The van der Waals surface area contributed by atoms with E-state index >= 15 is 0 Å². The molecule has 2 aromatic heterocycles. The zero-order valence-corrected chi connectivity index (χ0v) is 10.2. The van der Waals surface area contributed by atoms with Crippen molar-refractivity contribution in [2.45, 2.75) is 19.9 Å². The highest BCUT2D eigenvalue weighted by atomic mass is 15.4. The van der Waals surface area contributed by atoms with Crippen molar-refractivity contribution in [3.8, 4) is 0 Å². The number of rotatable bonds is 1. The van der Waals surface area contributed by atoms with Gasteiger partial charge in [0.25, 0.3) is 0 Å². The minimum atomic E-state index is 0.225. The van der Waals surface area contributed by atoms with E-state index in [-0.39, 0.29) is 6.04 Å². The third-order valence-corrected chi connectivity index (χ3v) is 3.49. The molecule has 3 rings (SSSR count). The van der Waals surface area contributed by atoms with Crippen molar-refractivity contribution >= 4 is 11.6 Å². The van der Waals surface area contributed by atoms with Crippen LogP contribution >= 0.6 is 0 Å². The quantitative estimate of drug-likeness (QED) is 0.789. The highest BCUT2D eigenvalue weighted by molar-refractivity contribution is 5.46. The molecule has 2 atom stereocenters. The summed E-state index contributed by atoms with van der Waals surface area (Å²) in [6, 6.07) is 6.23. The number of nitrogens with zero attached hydrogens (tertiary/aromatic N) is 4. The Morgan fingerprint density at radius 1 is 1.35 bits per heavy atom. The van der Waals surface area contributed by atoms with Crippen LogP contribution in [0, 0.1) is 12.8 Å². The standard InChI is InChI=1S/C12H17N5/c1-8-6-16(7-10(8)13)12-14-11-5-3-4-9(2)17(11)15-12/h3-5,8,10H,6-7,13H2,1-2H3. The number of nitrogens with two attached hydrogens (primary N) is 1. The second-order valence-electron chi connectivity index (χ2n) is 4.90. The number of fused-ring (bicyclic) bond motifs is 1. The third kappa shape index (κ3) is 1.67. The fraction of sp³-hybridized carbons (Fsp3) is 0.500. The minimum absolute atomic E-state index is 0.225. The molecule has 0 saturated carbocycles. The maximum atomic E-state index is 6.03. The number of hydrogen-bond acceptors (Lipinski definition) is 4.